The zero-order valence-electron chi connectivity index (χ0n) is 14.8. The fourth-order valence-corrected chi connectivity index (χ4v) is 3.46. The van der Waals surface area contributed by atoms with Crippen molar-refractivity contribution in [3.8, 4) is 5.95 Å². The number of aromatic nitrogens is 5. The minimum Gasteiger partial charge on any atom is -0.334 e. The number of thioether (sulfide) groups is 1. The summed E-state index contributed by atoms with van der Waals surface area (Å²) in [6, 6.07) is 6.31. The lowest BCUT2D eigenvalue weighted by atomic mass is 10.3. The second-order valence-corrected chi connectivity index (χ2v) is 8.09. The molecule has 0 saturated heterocycles. The molecule has 27 heavy (non-hydrogen) atoms. The first-order valence-electron chi connectivity index (χ1n) is 7.93. The highest BCUT2D eigenvalue weighted by Gasteiger charge is 2.21. The second-order valence-electron chi connectivity index (χ2n) is 5.86. The second kappa shape index (κ2) is 7.69. The predicted molar refractivity (Wildman–Crippen MR) is 105 cm³/mol. The van der Waals surface area contributed by atoms with Crippen molar-refractivity contribution in [2.75, 3.05) is 11.2 Å². The molecule has 0 radical (unpaired) electrons. The molecule has 0 spiro atoms. The maximum Gasteiger partial charge on any atom is 0.271 e. The zero-order valence-corrected chi connectivity index (χ0v) is 17.2. The molecule has 2 heterocycles. The standard InChI is InChI=1S/C16H17BrFN7OS/c1-8-6-9(2)25(23-8)15-21-22-16(24(15)19)27-10(3)14(26)20-13-5-4-11(17)7-12(13)18/h4-7,10H,19H2,1-3H3,(H,20,26). The van der Waals surface area contributed by atoms with Crippen LogP contribution in [-0.2, 0) is 4.79 Å². The van der Waals surface area contributed by atoms with Crippen LogP contribution in [0.1, 0.15) is 18.3 Å². The summed E-state index contributed by atoms with van der Waals surface area (Å²) in [6.07, 6.45) is 0. The summed E-state index contributed by atoms with van der Waals surface area (Å²) in [5.74, 6) is 5.51. The van der Waals surface area contributed by atoms with E-state index in [0.717, 1.165) is 23.1 Å². The van der Waals surface area contributed by atoms with E-state index in [1.165, 1.54) is 16.8 Å². The summed E-state index contributed by atoms with van der Waals surface area (Å²) in [5.41, 5.74) is 1.79. The fraction of sp³-hybridized carbons (Fsp3) is 0.250. The van der Waals surface area contributed by atoms with Crippen LogP contribution in [0.15, 0.2) is 33.9 Å². The number of amides is 1. The number of rotatable bonds is 5. The summed E-state index contributed by atoms with van der Waals surface area (Å²) in [5, 5.41) is 14.7. The number of carbonyl (C=O) groups excluding carboxylic acids is 1. The molecule has 0 bridgehead atoms. The van der Waals surface area contributed by atoms with Gasteiger partial charge in [0.25, 0.3) is 5.95 Å². The van der Waals surface area contributed by atoms with E-state index in [9.17, 15) is 9.18 Å². The van der Waals surface area contributed by atoms with E-state index in [4.69, 9.17) is 5.84 Å². The van der Waals surface area contributed by atoms with Crippen LogP contribution in [0.2, 0.25) is 0 Å². The normalized spacial score (nSPS) is 12.2. The molecule has 1 amide bonds. The Morgan fingerprint density at radius 2 is 2.07 bits per heavy atom. The van der Waals surface area contributed by atoms with Gasteiger partial charge in [-0.25, -0.2) is 13.7 Å². The van der Waals surface area contributed by atoms with E-state index in [1.54, 1.807) is 17.7 Å². The Labute approximate surface area is 167 Å². The Bertz CT molecular complexity index is 1000. The van der Waals surface area contributed by atoms with Crippen LogP contribution in [0.4, 0.5) is 10.1 Å². The minimum absolute atomic E-state index is 0.105. The fourth-order valence-electron chi connectivity index (χ4n) is 2.36. The maximum absolute atomic E-state index is 13.9. The molecule has 0 fully saturated rings. The maximum atomic E-state index is 13.9. The molecule has 1 aromatic carbocycles. The van der Waals surface area contributed by atoms with Gasteiger partial charge in [0, 0.05) is 10.2 Å². The molecular formula is C16H17BrFN7OS. The van der Waals surface area contributed by atoms with Gasteiger partial charge in [0.05, 0.1) is 16.6 Å². The van der Waals surface area contributed by atoms with Crippen molar-refractivity contribution in [3.05, 3.63) is 45.9 Å². The zero-order chi connectivity index (χ0) is 19.7. The molecule has 142 valence electrons. The lowest BCUT2D eigenvalue weighted by Crippen LogP contribution is -2.24. The van der Waals surface area contributed by atoms with Crippen LogP contribution < -0.4 is 11.2 Å². The lowest BCUT2D eigenvalue weighted by Gasteiger charge is -2.12. The molecule has 1 atom stereocenters. The average molecular weight is 454 g/mol. The third-order valence-corrected chi connectivity index (χ3v) is 5.24. The highest BCUT2D eigenvalue weighted by atomic mass is 79.9. The van der Waals surface area contributed by atoms with Gasteiger partial charge in [0.2, 0.25) is 11.1 Å². The van der Waals surface area contributed by atoms with Gasteiger partial charge in [-0.1, -0.05) is 27.7 Å². The van der Waals surface area contributed by atoms with E-state index < -0.39 is 11.1 Å². The number of anilines is 1. The number of nitrogens with zero attached hydrogens (tertiary/aromatic N) is 5. The smallest absolute Gasteiger partial charge is 0.271 e. The van der Waals surface area contributed by atoms with Crippen LogP contribution in [0.5, 0.6) is 0 Å². The SMILES string of the molecule is Cc1cc(C)n(-c2nnc(SC(C)C(=O)Nc3ccc(Br)cc3F)n2N)n1. The molecule has 1 unspecified atom stereocenters. The number of halogens is 2. The lowest BCUT2D eigenvalue weighted by molar-refractivity contribution is -0.115. The van der Waals surface area contributed by atoms with Crippen LogP contribution in [0.25, 0.3) is 5.95 Å². The summed E-state index contributed by atoms with van der Waals surface area (Å²) in [4.78, 5) is 12.4. The van der Waals surface area contributed by atoms with E-state index in [1.807, 2.05) is 19.9 Å². The van der Waals surface area contributed by atoms with Gasteiger partial charge < -0.3 is 11.2 Å². The van der Waals surface area contributed by atoms with Crippen LogP contribution >= 0.6 is 27.7 Å². The number of carbonyl (C=O) groups is 1. The van der Waals surface area contributed by atoms with Crippen molar-refractivity contribution < 1.29 is 9.18 Å². The Balaban J connectivity index is 1.73. The predicted octanol–water partition coefficient (Wildman–Crippen LogP) is 2.82. The van der Waals surface area contributed by atoms with Gasteiger partial charge in [-0.2, -0.15) is 5.10 Å². The quantitative estimate of drug-likeness (QED) is 0.454. The van der Waals surface area contributed by atoms with Crippen LogP contribution in [0, 0.1) is 19.7 Å². The largest absolute Gasteiger partial charge is 0.334 e. The highest BCUT2D eigenvalue weighted by Crippen LogP contribution is 2.25. The number of hydrogen-bond donors (Lipinski definition) is 2. The summed E-state index contributed by atoms with van der Waals surface area (Å²) < 4.78 is 17.3. The molecule has 0 aliphatic heterocycles. The van der Waals surface area contributed by atoms with Gasteiger partial charge in [-0.15, -0.1) is 10.2 Å². The monoisotopic (exact) mass is 453 g/mol. The van der Waals surface area contributed by atoms with Crippen molar-refractivity contribution in [3.63, 3.8) is 0 Å². The first-order chi connectivity index (χ1) is 12.8. The molecule has 3 aromatic rings. The summed E-state index contributed by atoms with van der Waals surface area (Å²) >= 11 is 4.29. The number of nitrogen functional groups attached to an aromatic ring is 1. The number of hydrogen-bond acceptors (Lipinski definition) is 6. The average Bonchev–Trinajstić information content (AvgIpc) is 3.12. The van der Waals surface area contributed by atoms with E-state index >= 15 is 0 Å². The van der Waals surface area contributed by atoms with Crippen molar-refractivity contribution in [2.45, 2.75) is 31.2 Å². The molecule has 11 heteroatoms. The Kier molecular flexibility index (Phi) is 5.51. The van der Waals surface area contributed by atoms with Gasteiger partial charge in [0.15, 0.2) is 0 Å². The minimum atomic E-state index is -0.576. The number of benzene rings is 1. The Hall–Kier alpha value is -2.40. The molecule has 0 aliphatic carbocycles. The van der Waals surface area contributed by atoms with Crippen molar-refractivity contribution >= 4 is 39.3 Å². The molecule has 8 nitrogen and oxygen atoms in total. The van der Waals surface area contributed by atoms with Crippen molar-refractivity contribution in [2.24, 2.45) is 0 Å². The Morgan fingerprint density at radius 1 is 1.33 bits per heavy atom. The molecule has 0 saturated carbocycles. The molecule has 3 rings (SSSR count). The van der Waals surface area contributed by atoms with Crippen LogP contribution in [-0.4, -0.2) is 35.8 Å². The van der Waals surface area contributed by atoms with Crippen molar-refractivity contribution in [1.82, 2.24) is 24.7 Å². The summed E-state index contributed by atoms with van der Waals surface area (Å²) in [6.45, 7) is 5.42. The van der Waals surface area contributed by atoms with Gasteiger partial charge in [-0.3, -0.25) is 4.79 Å². The van der Waals surface area contributed by atoms with Gasteiger partial charge >= 0.3 is 0 Å². The van der Waals surface area contributed by atoms with E-state index in [2.05, 4.69) is 36.5 Å². The molecule has 0 aliphatic rings. The third-order valence-electron chi connectivity index (χ3n) is 3.69. The number of aryl methyl sites for hydroxylation is 2. The third kappa shape index (κ3) is 4.14. The van der Waals surface area contributed by atoms with Gasteiger partial charge in [-0.05, 0) is 45.0 Å². The highest BCUT2D eigenvalue weighted by molar-refractivity contribution is 9.10. The molecular weight excluding hydrogens is 437 g/mol. The first-order valence-corrected chi connectivity index (χ1v) is 9.60. The van der Waals surface area contributed by atoms with E-state index in [-0.39, 0.29) is 11.6 Å². The first kappa shape index (κ1) is 19.4. The number of nitrogens with one attached hydrogen (secondary N) is 1. The Morgan fingerprint density at radius 3 is 2.70 bits per heavy atom. The molecule has 3 N–H and O–H groups in total. The topological polar surface area (TPSA) is 104 Å². The van der Waals surface area contributed by atoms with Gasteiger partial charge in [0.1, 0.15) is 5.82 Å². The van der Waals surface area contributed by atoms with Crippen molar-refractivity contribution in [1.29, 1.82) is 0 Å². The van der Waals surface area contributed by atoms with Crippen LogP contribution in [0.3, 0.4) is 0 Å². The summed E-state index contributed by atoms with van der Waals surface area (Å²) in [7, 11) is 0. The van der Waals surface area contributed by atoms with E-state index in [0.29, 0.717) is 15.6 Å². The number of nitrogens with two attached hydrogens (primary N) is 1. The molecule has 2 aromatic heterocycles.